The molecule has 96 valence electrons. The Kier molecular flexibility index (Phi) is 3.99. The molecule has 0 aliphatic carbocycles. The highest BCUT2D eigenvalue weighted by Gasteiger charge is 2.01. The summed E-state index contributed by atoms with van der Waals surface area (Å²) in [6, 6.07) is 8.49. The highest BCUT2D eigenvalue weighted by molar-refractivity contribution is 5.46. The predicted molar refractivity (Wildman–Crippen MR) is 74.5 cm³/mol. The highest BCUT2D eigenvalue weighted by atomic mass is 15.0. The molecule has 0 bridgehead atoms. The van der Waals surface area contributed by atoms with E-state index in [-0.39, 0.29) is 0 Å². The molecule has 1 aromatic heterocycles. The number of hydrogen-bond donors (Lipinski definition) is 2. The molecule has 2 rings (SSSR count). The monoisotopic (exact) mass is 244 g/mol. The first kappa shape index (κ1) is 12.6. The Morgan fingerprint density at radius 1 is 1.33 bits per heavy atom. The van der Waals surface area contributed by atoms with Crippen LogP contribution in [0, 0.1) is 6.92 Å². The van der Waals surface area contributed by atoms with Crippen LogP contribution in [0.3, 0.4) is 0 Å². The van der Waals surface area contributed by atoms with Crippen LogP contribution < -0.4 is 5.32 Å². The summed E-state index contributed by atoms with van der Waals surface area (Å²) >= 11 is 0. The Labute approximate surface area is 108 Å². The number of aromatic nitrogens is 2. The van der Waals surface area contributed by atoms with Gasteiger partial charge in [-0.15, -0.1) is 0 Å². The zero-order valence-corrected chi connectivity index (χ0v) is 11.2. The lowest BCUT2D eigenvalue weighted by Crippen LogP contribution is -2.10. The van der Waals surface area contributed by atoms with Crippen molar-refractivity contribution in [3.63, 3.8) is 0 Å². The summed E-state index contributed by atoms with van der Waals surface area (Å²) in [7, 11) is 4.15. The van der Waals surface area contributed by atoms with Crippen LogP contribution in [0.4, 0.5) is 5.69 Å². The second-order valence-corrected chi connectivity index (χ2v) is 4.77. The van der Waals surface area contributed by atoms with Crippen molar-refractivity contribution in [1.29, 1.82) is 0 Å². The summed E-state index contributed by atoms with van der Waals surface area (Å²) in [5.74, 6) is 0. The SMILES string of the molecule is Cc1[nH]cnc1CNc1cccc(CN(C)C)c1. The number of rotatable bonds is 5. The fraction of sp³-hybridized carbons (Fsp3) is 0.357. The lowest BCUT2D eigenvalue weighted by molar-refractivity contribution is 0.402. The van der Waals surface area contributed by atoms with E-state index < -0.39 is 0 Å². The molecule has 1 aromatic carbocycles. The van der Waals surface area contributed by atoms with Crippen LogP contribution in [0.25, 0.3) is 0 Å². The number of imidazole rings is 1. The molecular formula is C14H20N4. The quantitative estimate of drug-likeness (QED) is 0.848. The molecule has 0 fully saturated rings. The number of aromatic amines is 1. The Morgan fingerprint density at radius 3 is 2.83 bits per heavy atom. The van der Waals surface area contributed by atoms with Crippen molar-refractivity contribution in [2.45, 2.75) is 20.0 Å². The van der Waals surface area contributed by atoms with E-state index in [9.17, 15) is 0 Å². The van der Waals surface area contributed by atoms with E-state index in [1.54, 1.807) is 6.33 Å². The van der Waals surface area contributed by atoms with Crippen molar-refractivity contribution in [2.75, 3.05) is 19.4 Å². The average molecular weight is 244 g/mol. The number of H-pyrrole nitrogens is 1. The third-order valence-corrected chi connectivity index (χ3v) is 2.82. The van der Waals surface area contributed by atoms with Crippen molar-refractivity contribution in [3.05, 3.63) is 47.5 Å². The van der Waals surface area contributed by atoms with E-state index in [0.29, 0.717) is 0 Å². The zero-order valence-electron chi connectivity index (χ0n) is 11.2. The molecule has 0 atom stereocenters. The first-order valence-electron chi connectivity index (χ1n) is 6.11. The van der Waals surface area contributed by atoms with Gasteiger partial charge in [0, 0.05) is 17.9 Å². The molecule has 0 aliphatic heterocycles. The molecule has 4 nitrogen and oxygen atoms in total. The third kappa shape index (κ3) is 3.34. The lowest BCUT2D eigenvalue weighted by atomic mass is 10.2. The van der Waals surface area contributed by atoms with Gasteiger partial charge in [0.15, 0.2) is 0 Å². The largest absolute Gasteiger partial charge is 0.379 e. The zero-order chi connectivity index (χ0) is 13.0. The van der Waals surface area contributed by atoms with Gasteiger partial charge in [0.1, 0.15) is 0 Å². The van der Waals surface area contributed by atoms with E-state index in [1.165, 1.54) is 5.56 Å². The molecule has 0 saturated heterocycles. The first-order chi connectivity index (χ1) is 8.65. The minimum Gasteiger partial charge on any atom is -0.379 e. The summed E-state index contributed by atoms with van der Waals surface area (Å²) in [4.78, 5) is 9.52. The molecule has 1 heterocycles. The molecule has 4 heteroatoms. The predicted octanol–water partition coefficient (Wildman–Crippen LogP) is 2.39. The van der Waals surface area contributed by atoms with Crippen molar-refractivity contribution >= 4 is 5.69 Å². The van der Waals surface area contributed by atoms with E-state index in [1.807, 2.05) is 6.92 Å². The van der Waals surface area contributed by atoms with Gasteiger partial charge in [-0.1, -0.05) is 12.1 Å². The fourth-order valence-electron chi connectivity index (χ4n) is 1.90. The second-order valence-electron chi connectivity index (χ2n) is 4.77. The minimum atomic E-state index is 0.751. The van der Waals surface area contributed by atoms with Crippen LogP contribution in [0.1, 0.15) is 17.0 Å². The van der Waals surface area contributed by atoms with Gasteiger partial charge in [0.2, 0.25) is 0 Å². The standard InChI is InChI=1S/C14H20N4/c1-11-14(17-10-16-11)8-15-13-6-4-5-12(7-13)9-18(2)3/h4-7,10,15H,8-9H2,1-3H3,(H,16,17). The van der Waals surface area contributed by atoms with E-state index in [2.05, 4.69) is 58.5 Å². The van der Waals surface area contributed by atoms with Gasteiger partial charge >= 0.3 is 0 Å². The van der Waals surface area contributed by atoms with Crippen LogP contribution in [0.15, 0.2) is 30.6 Å². The lowest BCUT2D eigenvalue weighted by Gasteiger charge is -2.11. The van der Waals surface area contributed by atoms with Crippen molar-refractivity contribution in [1.82, 2.24) is 14.9 Å². The molecule has 0 amide bonds. The van der Waals surface area contributed by atoms with Gasteiger partial charge in [0.25, 0.3) is 0 Å². The summed E-state index contributed by atoms with van der Waals surface area (Å²) < 4.78 is 0. The fourth-order valence-corrected chi connectivity index (χ4v) is 1.90. The molecule has 0 aliphatic rings. The smallest absolute Gasteiger partial charge is 0.0925 e. The molecule has 0 radical (unpaired) electrons. The Bertz CT molecular complexity index is 502. The van der Waals surface area contributed by atoms with Crippen LogP contribution in [-0.2, 0) is 13.1 Å². The maximum absolute atomic E-state index is 4.28. The van der Waals surface area contributed by atoms with Crippen LogP contribution >= 0.6 is 0 Å². The molecular weight excluding hydrogens is 224 g/mol. The number of nitrogens with zero attached hydrogens (tertiary/aromatic N) is 2. The van der Waals surface area contributed by atoms with Gasteiger partial charge in [-0.2, -0.15) is 0 Å². The van der Waals surface area contributed by atoms with Crippen molar-refractivity contribution < 1.29 is 0 Å². The highest BCUT2D eigenvalue weighted by Crippen LogP contribution is 2.13. The second kappa shape index (κ2) is 5.69. The van der Waals surface area contributed by atoms with Crippen LogP contribution in [-0.4, -0.2) is 29.0 Å². The maximum atomic E-state index is 4.28. The van der Waals surface area contributed by atoms with E-state index in [4.69, 9.17) is 0 Å². The topological polar surface area (TPSA) is 44.0 Å². The molecule has 0 saturated carbocycles. The Balaban J connectivity index is 1.99. The summed E-state index contributed by atoms with van der Waals surface area (Å²) in [5.41, 5.74) is 4.63. The van der Waals surface area contributed by atoms with Crippen LogP contribution in [0.2, 0.25) is 0 Å². The number of nitrogens with one attached hydrogen (secondary N) is 2. The maximum Gasteiger partial charge on any atom is 0.0925 e. The molecule has 2 aromatic rings. The van der Waals surface area contributed by atoms with Crippen molar-refractivity contribution in [3.8, 4) is 0 Å². The molecule has 18 heavy (non-hydrogen) atoms. The molecule has 0 unspecified atom stereocenters. The summed E-state index contributed by atoms with van der Waals surface area (Å²) in [5, 5.41) is 3.40. The van der Waals surface area contributed by atoms with E-state index >= 15 is 0 Å². The third-order valence-electron chi connectivity index (χ3n) is 2.82. The molecule has 0 spiro atoms. The number of anilines is 1. The van der Waals surface area contributed by atoms with Gasteiger partial charge < -0.3 is 15.2 Å². The number of aryl methyl sites for hydroxylation is 1. The Hall–Kier alpha value is -1.81. The van der Waals surface area contributed by atoms with Gasteiger partial charge in [-0.25, -0.2) is 4.98 Å². The normalized spacial score (nSPS) is 10.9. The Morgan fingerprint density at radius 2 is 2.17 bits per heavy atom. The summed E-state index contributed by atoms with van der Waals surface area (Å²) in [6.07, 6.45) is 1.73. The minimum absolute atomic E-state index is 0.751. The van der Waals surface area contributed by atoms with Gasteiger partial charge in [-0.05, 0) is 38.7 Å². The molecule has 2 N–H and O–H groups in total. The first-order valence-corrected chi connectivity index (χ1v) is 6.11. The summed E-state index contributed by atoms with van der Waals surface area (Å²) in [6.45, 7) is 3.74. The number of hydrogen-bond acceptors (Lipinski definition) is 3. The van der Waals surface area contributed by atoms with Gasteiger partial charge in [0.05, 0.1) is 18.6 Å². The average Bonchev–Trinajstić information content (AvgIpc) is 2.72. The van der Waals surface area contributed by atoms with Crippen LogP contribution in [0.5, 0.6) is 0 Å². The number of benzene rings is 1. The van der Waals surface area contributed by atoms with E-state index in [0.717, 1.165) is 30.2 Å². The van der Waals surface area contributed by atoms with Gasteiger partial charge in [-0.3, -0.25) is 0 Å². The van der Waals surface area contributed by atoms with Crippen molar-refractivity contribution in [2.24, 2.45) is 0 Å².